The molecule has 4 nitrogen and oxygen atoms in total. The summed E-state index contributed by atoms with van der Waals surface area (Å²) in [5.41, 5.74) is -1.49. The molecule has 1 saturated heterocycles. The minimum Gasteiger partial charge on any atom is -0.391 e. The molecule has 3 N–H and O–H groups in total. The van der Waals surface area contributed by atoms with Crippen LogP contribution in [0.1, 0.15) is 12.5 Å². The van der Waals surface area contributed by atoms with Gasteiger partial charge in [0.15, 0.2) is 0 Å². The summed E-state index contributed by atoms with van der Waals surface area (Å²) in [5, 5.41) is 30.7. The molecule has 100 valence electrons. The molecule has 4 atom stereocenters. The summed E-state index contributed by atoms with van der Waals surface area (Å²) in [7, 11) is 0. The van der Waals surface area contributed by atoms with Crippen LogP contribution >= 0.6 is 23.2 Å². The van der Waals surface area contributed by atoms with Gasteiger partial charge in [-0.05, 0) is 19.1 Å². The Kier molecular flexibility index (Phi) is 3.88. The van der Waals surface area contributed by atoms with Crippen LogP contribution in [0.4, 0.5) is 0 Å². The van der Waals surface area contributed by atoms with Gasteiger partial charge in [0.25, 0.3) is 0 Å². The van der Waals surface area contributed by atoms with Gasteiger partial charge in [-0.25, -0.2) is 0 Å². The Morgan fingerprint density at radius 3 is 2.39 bits per heavy atom. The van der Waals surface area contributed by atoms with Gasteiger partial charge in [0.1, 0.15) is 17.8 Å². The van der Waals surface area contributed by atoms with Crippen molar-refractivity contribution in [3.63, 3.8) is 0 Å². The van der Waals surface area contributed by atoms with E-state index in [-0.39, 0.29) is 22.2 Å². The lowest BCUT2D eigenvalue weighted by atomic mass is 9.87. The number of aliphatic hydroxyl groups excluding tert-OH is 2. The quantitative estimate of drug-likeness (QED) is 0.769. The van der Waals surface area contributed by atoms with Gasteiger partial charge in [0.2, 0.25) is 0 Å². The van der Waals surface area contributed by atoms with Crippen LogP contribution in [0.5, 0.6) is 0 Å². The Bertz CT molecular complexity index is 431. The molecule has 6 heteroatoms. The van der Waals surface area contributed by atoms with E-state index in [1.807, 2.05) is 0 Å². The van der Waals surface area contributed by atoms with Crippen molar-refractivity contribution in [2.24, 2.45) is 0 Å². The van der Waals surface area contributed by atoms with Gasteiger partial charge in [0, 0.05) is 15.6 Å². The first-order valence-electron chi connectivity index (χ1n) is 5.52. The number of rotatable bonds is 2. The highest BCUT2D eigenvalue weighted by molar-refractivity contribution is 6.36. The Balaban J connectivity index is 2.44. The Morgan fingerprint density at radius 2 is 1.94 bits per heavy atom. The highest BCUT2D eigenvalue weighted by Gasteiger charge is 2.52. The third kappa shape index (κ3) is 2.13. The Morgan fingerprint density at radius 1 is 1.39 bits per heavy atom. The van der Waals surface area contributed by atoms with Crippen molar-refractivity contribution < 1.29 is 20.1 Å². The molecular weight excluding hydrogens is 279 g/mol. The van der Waals surface area contributed by atoms with E-state index >= 15 is 0 Å². The van der Waals surface area contributed by atoms with E-state index in [0.29, 0.717) is 0 Å². The molecule has 1 unspecified atom stereocenters. The molecule has 1 heterocycles. The second-order valence-corrected chi connectivity index (χ2v) is 5.30. The summed E-state index contributed by atoms with van der Waals surface area (Å²) in [6.45, 7) is 1.31. The van der Waals surface area contributed by atoms with E-state index in [2.05, 4.69) is 0 Å². The minimum atomic E-state index is -1.71. The normalized spacial score (nSPS) is 33.7. The predicted octanol–water partition coefficient (Wildman–Crippen LogP) is 1.32. The number of benzene rings is 1. The smallest absolute Gasteiger partial charge is 0.144 e. The molecular formula is C12H14Cl2O4. The second kappa shape index (κ2) is 4.96. The third-order valence-corrected chi connectivity index (χ3v) is 3.80. The fourth-order valence-electron chi connectivity index (χ4n) is 2.21. The van der Waals surface area contributed by atoms with Crippen molar-refractivity contribution >= 4 is 23.2 Å². The summed E-state index contributed by atoms with van der Waals surface area (Å²) >= 11 is 12.0. The second-order valence-electron chi connectivity index (χ2n) is 4.48. The van der Waals surface area contributed by atoms with E-state index in [1.165, 1.54) is 6.92 Å². The van der Waals surface area contributed by atoms with Crippen molar-refractivity contribution in [2.45, 2.75) is 30.8 Å². The van der Waals surface area contributed by atoms with Crippen LogP contribution in [-0.4, -0.2) is 40.2 Å². The zero-order chi connectivity index (χ0) is 13.5. The van der Waals surface area contributed by atoms with Gasteiger partial charge in [-0.15, -0.1) is 0 Å². The molecule has 1 aliphatic rings. The lowest BCUT2D eigenvalue weighted by Crippen LogP contribution is -2.44. The summed E-state index contributed by atoms with van der Waals surface area (Å²) in [5.74, 6) is 0. The van der Waals surface area contributed by atoms with Crippen LogP contribution in [0.3, 0.4) is 0 Å². The molecule has 1 aliphatic heterocycles. The zero-order valence-electron chi connectivity index (χ0n) is 9.68. The van der Waals surface area contributed by atoms with Crippen molar-refractivity contribution in [3.05, 3.63) is 33.8 Å². The third-order valence-electron chi connectivity index (χ3n) is 3.17. The molecule has 0 aromatic heterocycles. The molecule has 0 radical (unpaired) electrons. The van der Waals surface area contributed by atoms with Gasteiger partial charge in [-0.3, -0.25) is 0 Å². The van der Waals surface area contributed by atoms with Crippen LogP contribution in [0.2, 0.25) is 10.0 Å². The minimum absolute atomic E-state index is 0.173. The first-order valence-corrected chi connectivity index (χ1v) is 6.28. The number of hydrogen-bond acceptors (Lipinski definition) is 4. The largest absolute Gasteiger partial charge is 0.391 e. The van der Waals surface area contributed by atoms with Crippen LogP contribution in [0.25, 0.3) is 0 Å². The lowest BCUT2D eigenvalue weighted by molar-refractivity contribution is -0.0720. The molecule has 1 fully saturated rings. The van der Waals surface area contributed by atoms with Crippen molar-refractivity contribution in [1.29, 1.82) is 0 Å². The van der Waals surface area contributed by atoms with E-state index < -0.39 is 23.9 Å². The first kappa shape index (κ1) is 14.1. The Labute approximate surface area is 115 Å². The van der Waals surface area contributed by atoms with Crippen molar-refractivity contribution in [2.75, 3.05) is 6.61 Å². The number of ether oxygens (including phenoxy) is 1. The van der Waals surface area contributed by atoms with Gasteiger partial charge in [-0.2, -0.15) is 0 Å². The van der Waals surface area contributed by atoms with Crippen LogP contribution < -0.4 is 0 Å². The van der Waals surface area contributed by atoms with Crippen molar-refractivity contribution in [1.82, 2.24) is 0 Å². The maximum atomic E-state index is 10.6. The highest BCUT2D eigenvalue weighted by Crippen LogP contribution is 2.42. The Hall–Kier alpha value is -0.360. The molecule has 1 aromatic carbocycles. The molecule has 0 saturated carbocycles. The molecule has 0 spiro atoms. The number of aliphatic hydroxyl groups is 3. The van der Waals surface area contributed by atoms with Crippen LogP contribution in [-0.2, 0) is 10.3 Å². The molecule has 0 amide bonds. The maximum Gasteiger partial charge on any atom is 0.144 e. The van der Waals surface area contributed by atoms with Gasteiger partial charge in [0.05, 0.1) is 12.7 Å². The SMILES string of the molecule is CC(O)[C@H]1OC[C@@](O)(c2c(Cl)cccc2Cl)[C@@H]1O. The number of hydrogen-bond donors (Lipinski definition) is 3. The molecule has 2 rings (SSSR count). The molecule has 1 aromatic rings. The van der Waals surface area contributed by atoms with Gasteiger partial charge >= 0.3 is 0 Å². The average Bonchev–Trinajstić information content (AvgIpc) is 2.56. The summed E-state index contributed by atoms with van der Waals surface area (Å²) in [6.07, 6.45) is -3.08. The van der Waals surface area contributed by atoms with E-state index in [9.17, 15) is 15.3 Å². The summed E-state index contributed by atoms with van der Waals surface area (Å²) in [4.78, 5) is 0. The van der Waals surface area contributed by atoms with E-state index in [1.54, 1.807) is 18.2 Å². The zero-order valence-corrected chi connectivity index (χ0v) is 11.2. The highest BCUT2D eigenvalue weighted by atomic mass is 35.5. The average molecular weight is 293 g/mol. The van der Waals surface area contributed by atoms with Crippen LogP contribution in [0.15, 0.2) is 18.2 Å². The predicted molar refractivity (Wildman–Crippen MR) is 67.8 cm³/mol. The monoisotopic (exact) mass is 292 g/mol. The van der Waals surface area contributed by atoms with Crippen molar-refractivity contribution in [3.8, 4) is 0 Å². The van der Waals surface area contributed by atoms with E-state index in [4.69, 9.17) is 27.9 Å². The lowest BCUT2D eigenvalue weighted by Gasteiger charge is -2.29. The molecule has 18 heavy (non-hydrogen) atoms. The van der Waals surface area contributed by atoms with Gasteiger partial charge in [-0.1, -0.05) is 29.3 Å². The standard InChI is InChI=1S/C12H14Cl2O4/c1-6(15)10-11(16)12(17,5-18-10)9-7(13)3-2-4-8(9)14/h2-4,6,10-11,15-17H,5H2,1H3/t6?,10-,11-,12-/m1/s1. The molecule has 0 bridgehead atoms. The van der Waals surface area contributed by atoms with Crippen LogP contribution in [0, 0.1) is 0 Å². The summed E-state index contributed by atoms with van der Waals surface area (Å²) < 4.78 is 5.24. The molecule has 0 aliphatic carbocycles. The van der Waals surface area contributed by atoms with E-state index in [0.717, 1.165) is 0 Å². The maximum absolute atomic E-state index is 10.6. The fourth-order valence-corrected chi connectivity index (χ4v) is 2.93. The summed E-state index contributed by atoms with van der Waals surface area (Å²) in [6, 6.07) is 4.79. The fraction of sp³-hybridized carbons (Fsp3) is 0.500. The topological polar surface area (TPSA) is 69.9 Å². The van der Waals surface area contributed by atoms with Gasteiger partial charge < -0.3 is 20.1 Å². The first-order chi connectivity index (χ1) is 8.38. The number of halogens is 2.